The molecule has 0 fully saturated rings. The van der Waals surface area contributed by atoms with E-state index in [-0.39, 0.29) is 12.5 Å². The molecule has 0 aromatic heterocycles. The molecule has 0 saturated carbocycles. The second-order valence-corrected chi connectivity index (χ2v) is 7.97. The summed E-state index contributed by atoms with van der Waals surface area (Å²) in [6.45, 7) is 6.35. The molecule has 0 aliphatic rings. The Hall–Kier alpha value is -1.40. The molecule has 1 amide bonds. The van der Waals surface area contributed by atoms with E-state index in [4.69, 9.17) is 30.4 Å². The molecule has 0 aliphatic heterocycles. The summed E-state index contributed by atoms with van der Waals surface area (Å²) in [6, 6.07) is -0.683. The highest BCUT2D eigenvalue weighted by Crippen LogP contribution is 2.09. The van der Waals surface area contributed by atoms with Gasteiger partial charge in [-0.1, -0.05) is 0 Å². The maximum atomic E-state index is 12.0. The first-order valence-corrected chi connectivity index (χ1v) is 11.8. The third-order valence-electron chi connectivity index (χ3n) is 3.83. The van der Waals surface area contributed by atoms with Crippen molar-refractivity contribution in [2.75, 3.05) is 57.6 Å². The fourth-order valence-electron chi connectivity index (χ4n) is 2.28. The highest BCUT2D eigenvalue weighted by atomic mass is 32.2. The van der Waals surface area contributed by atoms with Crippen LogP contribution in [-0.4, -0.2) is 87.6 Å². The molecule has 0 aromatic carbocycles. The Labute approximate surface area is 189 Å². The number of hydrogen-bond donors (Lipinski definition) is 3. The van der Waals surface area contributed by atoms with Gasteiger partial charge in [-0.3, -0.25) is 14.4 Å². The van der Waals surface area contributed by atoms with Crippen molar-refractivity contribution in [2.24, 2.45) is 11.5 Å². The van der Waals surface area contributed by atoms with E-state index < -0.39 is 24.1 Å². The van der Waals surface area contributed by atoms with Gasteiger partial charge in [0.05, 0.1) is 6.04 Å². The van der Waals surface area contributed by atoms with E-state index in [1.54, 1.807) is 0 Å². The molecule has 5 N–H and O–H groups in total. The first kappa shape index (κ1) is 29.6. The Morgan fingerprint density at radius 3 is 2.10 bits per heavy atom. The van der Waals surface area contributed by atoms with Crippen LogP contribution in [0.15, 0.2) is 0 Å². The van der Waals surface area contributed by atoms with E-state index in [2.05, 4.69) is 5.32 Å². The van der Waals surface area contributed by atoms with Crippen molar-refractivity contribution < 1.29 is 33.3 Å². The van der Waals surface area contributed by atoms with Gasteiger partial charge in [0.1, 0.15) is 12.7 Å². The molecule has 0 spiro atoms. The smallest absolute Gasteiger partial charge is 0.303 e. The van der Waals surface area contributed by atoms with E-state index in [1.807, 2.05) is 0 Å². The number of esters is 2. The normalized spacial score (nSPS) is 12.8. The van der Waals surface area contributed by atoms with Crippen molar-refractivity contribution >= 4 is 29.6 Å². The number of amides is 1. The lowest BCUT2D eigenvalue weighted by Gasteiger charge is -2.17. The molecule has 182 valence electrons. The Kier molecular flexibility index (Phi) is 19.6. The maximum Gasteiger partial charge on any atom is 0.303 e. The molecule has 0 heterocycles. The lowest BCUT2D eigenvalue weighted by Crippen LogP contribution is -2.43. The van der Waals surface area contributed by atoms with Crippen LogP contribution in [0.5, 0.6) is 0 Å². The molecule has 11 heteroatoms. The van der Waals surface area contributed by atoms with E-state index >= 15 is 0 Å². The number of nitrogens with one attached hydrogen (secondary N) is 1. The van der Waals surface area contributed by atoms with Gasteiger partial charge >= 0.3 is 11.9 Å². The fraction of sp³-hybridized carbons (Fsp3) is 0.850. The van der Waals surface area contributed by atoms with Crippen molar-refractivity contribution in [1.29, 1.82) is 0 Å². The predicted molar refractivity (Wildman–Crippen MR) is 120 cm³/mol. The minimum atomic E-state index is -0.683. The Bertz CT molecular complexity index is 497. The monoisotopic (exact) mass is 465 g/mol. The summed E-state index contributed by atoms with van der Waals surface area (Å²) in [4.78, 5) is 34.0. The van der Waals surface area contributed by atoms with Crippen LogP contribution in [0.2, 0.25) is 0 Å². The molecule has 2 atom stereocenters. The Balaban J connectivity index is 3.71. The molecule has 0 rings (SSSR count). The second-order valence-electron chi connectivity index (χ2n) is 6.90. The van der Waals surface area contributed by atoms with Gasteiger partial charge in [0.25, 0.3) is 0 Å². The minimum Gasteiger partial charge on any atom is -0.462 e. The standard InChI is InChI=1S/C20H39N3O7S/c1-16(24)29-13-18(30-17(2)25)14-31-15-19(22)20(26)23-8-6-12-28-10-4-3-9-27-11-5-7-21/h18-19H,3-15,21-22H2,1-2H3,(H,23,26)/t18-,19+/m1/s1. The third-order valence-corrected chi connectivity index (χ3v) is 5.03. The number of ether oxygens (including phenoxy) is 4. The number of unbranched alkanes of at least 4 members (excludes halogenated alkanes) is 1. The van der Waals surface area contributed by atoms with Crippen LogP contribution in [0.25, 0.3) is 0 Å². The Morgan fingerprint density at radius 2 is 1.52 bits per heavy atom. The Morgan fingerprint density at radius 1 is 0.903 bits per heavy atom. The molecular weight excluding hydrogens is 426 g/mol. The highest BCUT2D eigenvalue weighted by Gasteiger charge is 2.17. The molecule has 0 radical (unpaired) electrons. The van der Waals surface area contributed by atoms with Gasteiger partial charge < -0.3 is 35.7 Å². The number of nitrogens with two attached hydrogens (primary N) is 2. The van der Waals surface area contributed by atoms with Crippen LogP contribution >= 0.6 is 11.8 Å². The number of hydrogen-bond acceptors (Lipinski definition) is 10. The average Bonchev–Trinajstić information content (AvgIpc) is 2.71. The number of thioether (sulfide) groups is 1. The summed E-state index contributed by atoms with van der Waals surface area (Å²) >= 11 is 1.36. The van der Waals surface area contributed by atoms with Gasteiger partial charge in [0.2, 0.25) is 5.91 Å². The van der Waals surface area contributed by atoms with Crippen molar-refractivity contribution in [3.8, 4) is 0 Å². The van der Waals surface area contributed by atoms with Crippen molar-refractivity contribution in [2.45, 2.75) is 51.7 Å². The summed E-state index contributed by atoms with van der Waals surface area (Å²) in [6.07, 6.45) is 2.90. The third kappa shape index (κ3) is 20.3. The number of rotatable bonds is 20. The molecule has 0 aromatic rings. The van der Waals surface area contributed by atoms with Crippen molar-refractivity contribution in [1.82, 2.24) is 5.32 Å². The molecule has 0 saturated heterocycles. The molecule has 0 unspecified atom stereocenters. The fourth-order valence-corrected chi connectivity index (χ4v) is 3.25. The number of carbonyl (C=O) groups is 3. The SMILES string of the molecule is CC(=O)OC[C@H](CSC[C@H](N)C(=O)NCCCOCCCCOCCCN)OC(C)=O. The number of carbonyl (C=O) groups excluding carboxylic acids is 3. The topological polar surface area (TPSA) is 152 Å². The quantitative estimate of drug-likeness (QED) is 0.168. The largest absolute Gasteiger partial charge is 0.462 e. The van der Waals surface area contributed by atoms with Crippen LogP contribution in [0, 0.1) is 0 Å². The van der Waals surface area contributed by atoms with Gasteiger partial charge in [0.15, 0.2) is 0 Å². The van der Waals surface area contributed by atoms with Crippen LogP contribution in [0.1, 0.15) is 39.5 Å². The van der Waals surface area contributed by atoms with E-state index in [1.165, 1.54) is 25.6 Å². The summed E-state index contributed by atoms with van der Waals surface area (Å²) in [5.74, 6) is -0.425. The first-order chi connectivity index (χ1) is 14.9. The van der Waals surface area contributed by atoms with Gasteiger partial charge in [-0.05, 0) is 32.2 Å². The summed E-state index contributed by atoms with van der Waals surface area (Å²) in [5.41, 5.74) is 11.3. The zero-order chi connectivity index (χ0) is 23.3. The molecule has 0 aliphatic carbocycles. The lowest BCUT2D eigenvalue weighted by atomic mass is 10.3. The van der Waals surface area contributed by atoms with Crippen LogP contribution < -0.4 is 16.8 Å². The van der Waals surface area contributed by atoms with Gasteiger partial charge in [0, 0.05) is 58.3 Å². The summed E-state index contributed by atoms with van der Waals surface area (Å²) < 4.78 is 20.9. The van der Waals surface area contributed by atoms with E-state index in [0.29, 0.717) is 50.8 Å². The van der Waals surface area contributed by atoms with E-state index in [0.717, 1.165) is 25.9 Å². The highest BCUT2D eigenvalue weighted by molar-refractivity contribution is 7.99. The van der Waals surface area contributed by atoms with Crippen molar-refractivity contribution in [3.05, 3.63) is 0 Å². The molecular formula is C20H39N3O7S. The maximum absolute atomic E-state index is 12.0. The average molecular weight is 466 g/mol. The first-order valence-electron chi connectivity index (χ1n) is 10.6. The summed E-state index contributed by atoms with van der Waals surface area (Å²) in [7, 11) is 0. The van der Waals surface area contributed by atoms with Gasteiger partial charge in [-0.25, -0.2) is 0 Å². The molecule has 0 bridgehead atoms. The lowest BCUT2D eigenvalue weighted by molar-refractivity contribution is -0.154. The molecule has 31 heavy (non-hydrogen) atoms. The minimum absolute atomic E-state index is 0.0232. The van der Waals surface area contributed by atoms with Crippen LogP contribution in [0.3, 0.4) is 0 Å². The van der Waals surface area contributed by atoms with Crippen LogP contribution in [0.4, 0.5) is 0 Å². The molecule has 10 nitrogen and oxygen atoms in total. The zero-order valence-corrected chi connectivity index (χ0v) is 19.6. The second kappa shape index (κ2) is 20.5. The van der Waals surface area contributed by atoms with E-state index in [9.17, 15) is 14.4 Å². The van der Waals surface area contributed by atoms with Gasteiger partial charge in [-0.15, -0.1) is 0 Å². The van der Waals surface area contributed by atoms with Crippen molar-refractivity contribution in [3.63, 3.8) is 0 Å². The zero-order valence-electron chi connectivity index (χ0n) is 18.8. The van der Waals surface area contributed by atoms with Crippen LogP contribution in [-0.2, 0) is 33.3 Å². The summed E-state index contributed by atoms with van der Waals surface area (Å²) in [5, 5.41) is 2.78. The van der Waals surface area contributed by atoms with Gasteiger partial charge in [-0.2, -0.15) is 11.8 Å². The predicted octanol–water partition coefficient (Wildman–Crippen LogP) is 0.210.